The zero-order valence-corrected chi connectivity index (χ0v) is 9.50. The number of benzene rings is 1. The first-order valence-corrected chi connectivity index (χ1v) is 5.20. The van der Waals surface area contributed by atoms with E-state index in [0.717, 1.165) is 18.2 Å². The summed E-state index contributed by atoms with van der Waals surface area (Å²) in [5.74, 6) is -1.91. The Morgan fingerprint density at radius 1 is 1.32 bits per heavy atom. The minimum absolute atomic E-state index is 0.0172. The van der Waals surface area contributed by atoms with Crippen molar-refractivity contribution in [1.82, 2.24) is 0 Å². The predicted molar refractivity (Wildman–Crippen MR) is 62.5 cm³/mol. The molecule has 1 N–H and O–H groups in total. The second-order valence-electron chi connectivity index (χ2n) is 3.73. The summed E-state index contributed by atoms with van der Waals surface area (Å²) in [6.07, 6.45) is 0. The Hall–Kier alpha value is -2.94. The fourth-order valence-corrected chi connectivity index (χ4v) is 1.62. The Labute approximate surface area is 107 Å². The minimum Gasteiger partial charge on any atom is -0.618 e. The van der Waals surface area contributed by atoms with E-state index in [1.807, 2.05) is 0 Å². The van der Waals surface area contributed by atoms with E-state index >= 15 is 0 Å². The molecular weight excluding hydrogens is 251 g/mol. The number of hydrogen-bond donors (Lipinski definition) is 1. The molecule has 1 aromatic heterocycles. The number of nitriles is 1. The second-order valence-corrected chi connectivity index (χ2v) is 3.73. The molecule has 5 nitrogen and oxygen atoms in total. The lowest BCUT2D eigenvalue weighted by molar-refractivity contribution is -0.596. The average molecular weight is 258 g/mol. The first kappa shape index (κ1) is 12.5. The Morgan fingerprint density at radius 3 is 2.47 bits per heavy atom. The van der Waals surface area contributed by atoms with Gasteiger partial charge in [0.1, 0.15) is 5.82 Å². The van der Waals surface area contributed by atoms with Gasteiger partial charge >= 0.3 is 11.7 Å². The van der Waals surface area contributed by atoms with Crippen LogP contribution < -0.4 is 4.73 Å². The number of halogens is 1. The molecule has 0 atom stereocenters. The Balaban J connectivity index is 2.69. The number of carbonyl (C=O) groups is 1. The number of nitrogens with zero attached hydrogens (tertiary/aromatic N) is 2. The van der Waals surface area contributed by atoms with Crippen LogP contribution in [0.1, 0.15) is 16.1 Å². The van der Waals surface area contributed by atoms with Crippen LogP contribution in [0.15, 0.2) is 36.4 Å². The van der Waals surface area contributed by atoms with Crippen molar-refractivity contribution < 1.29 is 19.0 Å². The fraction of sp³-hybridized carbons (Fsp3) is 0. The third-order valence-electron chi connectivity index (χ3n) is 2.51. The molecule has 0 saturated heterocycles. The Bertz CT molecular complexity index is 690. The van der Waals surface area contributed by atoms with Crippen molar-refractivity contribution in [3.8, 4) is 17.3 Å². The van der Waals surface area contributed by atoms with Gasteiger partial charge in [0.05, 0.1) is 11.6 Å². The first-order chi connectivity index (χ1) is 9.02. The third kappa shape index (κ3) is 2.35. The molecule has 0 saturated carbocycles. The van der Waals surface area contributed by atoms with Gasteiger partial charge in [0.25, 0.3) is 0 Å². The molecule has 6 heteroatoms. The molecule has 1 aromatic carbocycles. The van der Waals surface area contributed by atoms with Crippen LogP contribution in [-0.4, -0.2) is 11.1 Å². The lowest BCUT2D eigenvalue weighted by Gasteiger charge is -2.07. The predicted octanol–water partition coefficient (Wildman–Crippen LogP) is 1.70. The molecule has 19 heavy (non-hydrogen) atoms. The largest absolute Gasteiger partial charge is 0.618 e. The van der Waals surface area contributed by atoms with E-state index in [-0.39, 0.29) is 16.0 Å². The summed E-state index contributed by atoms with van der Waals surface area (Å²) in [6, 6.07) is 9.00. The monoisotopic (exact) mass is 258 g/mol. The highest BCUT2D eigenvalue weighted by Gasteiger charge is 2.21. The van der Waals surface area contributed by atoms with Crippen LogP contribution in [0.25, 0.3) is 11.3 Å². The van der Waals surface area contributed by atoms with Crippen molar-refractivity contribution in [2.45, 2.75) is 0 Å². The summed E-state index contributed by atoms with van der Waals surface area (Å²) in [4.78, 5) is 10.9. The summed E-state index contributed by atoms with van der Waals surface area (Å²) < 4.78 is 13.0. The smallest absolute Gasteiger partial charge is 0.402 e. The number of aromatic nitrogens is 1. The molecule has 1 heterocycles. The number of hydrogen-bond acceptors (Lipinski definition) is 3. The van der Waals surface area contributed by atoms with Gasteiger partial charge in [-0.1, -0.05) is 0 Å². The van der Waals surface area contributed by atoms with Gasteiger partial charge in [-0.3, -0.25) is 0 Å². The molecular formula is C13H7FN2O3. The number of rotatable bonds is 2. The van der Waals surface area contributed by atoms with Crippen molar-refractivity contribution in [3.63, 3.8) is 0 Å². The average Bonchev–Trinajstić information content (AvgIpc) is 2.40. The number of aromatic carboxylic acids is 1. The van der Waals surface area contributed by atoms with Gasteiger partial charge in [0, 0.05) is 17.7 Å². The van der Waals surface area contributed by atoms with E-state index < -0.39 is 17.5 Å². The van der Waals surface area contributed by atoms with Crippen molar-refractivity contribution in [1.29, 1.82) is 5.26 Å². The van der Waals surface area contributed by atoms with Crippen LogP contribution in [0.3, 0.4) is 0 Å². The third-order valence-corrected chi connectivity index (χ3v) is 2.51. The molecule has 0 aliphatic carbocycles. The second kappa shape index (κ2) is 4.74. The van der Waals surface area contributed by atoms with Crippen molar-refractivity contribution >= 4 is 5.97 Å². The normalized spacial score (nSPS) is 9.89. The highest BCUT2D eigenvalue weighted by molar-refractivity contribution is 5.84. The number of pyridine rings is 1. The molecule has 0 unspecified atom stereocenters. The zero-order valence-electron chi connectivity index (χ0n) is 9.50. The molecule has 0 fully saturated rings. The maximum atomic E-state index is 12.8. The highest BCUT2D eigenvalue weighted by Crippen LogP contribution is 2.18. The Morgan fingerprint density at radius 2 is 1.95 bits per heavy atom. The van der Waals surface area contributed by atoms with Crippen molar-refractivity contribution in [2.24, 2.45) is 0 Å². The lowest BCUT2D eigenvalue weighted by Crippen LogP contribution is -2.37. The van der Waals surface area contributed by atoms with Crippen LogP contribution in [-0.2, 0) is 0 Å². The van der Waals surface area contributed by atoms with Crippen molar-refractivity contribution in [2.75, 3.05) is 0 Å². The van der Waals surface area contributed by atoms with Crippen LogP contribution in [0.5, 0.6) is 0 Å². The minimum atomic E-state index is -1.43. The summed E-state index contributed by atoms with van der Waals surface area (Å²) in [7, 11) is 0. The van der Waals surface area contributed by atoms with Crippen LogP contribution in [0.2, 0.25) is 0 Å². The SMILES string of the molecule is N#Cc1cc(C(=O)O)[n+]([O-])c(-c2ccc(F)cc2)c1. The van der Waals surface area contributed by atoms with E-state index in [0.29, 0.717) is 5.56 Å². The van der Waals surface area contributed by atoms with Crippen LogP contribution in [0, 0.1) is 22.4 Å². The molecule has 0 bridgehead atoms. The summed E-state index contributed by atoms with van der Waals surface area (Å²) >= 11 is 0. The summed E-state index contributed by atoms with van der Waals surface area (Å²) in [6.45, 7) is 0. The molecule has 0 spiro atoms. The summed E-state index contributed by atoms with van der Waals surface area (Å²) in [5, 5.41) is 29.6. The molecule has 0 radical (unpaired) electrons. The maximum absolute atomic E-state index is 12.8. The van der Waals surface area contributed by atoms with E-state index in [1.165, 1.54) is 18.2 Å². The molecule has 0 amide bonds. The lowest BCUT2D eigenvalue weighted by atomic mass is 10.1. The summed E-state index contributed by atoms with van der Waals surface area (Å²) in [5.41, 5.74) is -0.199. The quantitative estimate of drug-likeness (QED) is 0.655. The van der Waals surface area contributed by atoms with Gasteiger partial charge < -0.3 is 10.3 Å². The van der Waals surface area contributed by atoms with Gasteiger partial charge in [-0.2, -0.15) is 9.99 Å². The van der Waals surface area contributed by atoms with Gasteiger partial charge in [0.15, 0.2) is 0 Å². The van der Waals surface area contributed by atoms with E-state index in [4.69, 9.17) is 10.4 Å². The van der Waals surface area contributed by atoms with Gasteiger partial charge in [-0.25, -0.2) is 9.18 Å². The first-order valence-electron chi connectivity index (χ1n) is 5.20. The maximum Gasteiger partial charge on any atom is 0.402 e. The van der Waals surface area contributed by atoms with E-state index in [9.17, 15) is 14.4 Å². The fourth-order valence-electron chi connectivity index (χ4n) is 1.62. The number of carboxylic acids is 1. The molecule has 94 valence electrons. The molecule has 0 aliphatic heterocycles. The zero-order chi connectivity index (χ0) is 14.0. The van der Waals surface area contributed by atoms with E-state index in [1.54, 1.807) is 6.07 Å². The Kier molecular flexibility index (Phi) is 3.12. The highest BCUT2D eigenvalue weighted by atomic mass is 19.1. The topological polar surface area (TPSA) is 88.0 Å². The standard InChI is InChI=1S/C13H7FN2O3/c14-10-3-1-9(2-4-10)11-5-8(7-15)6-12(13(17)18)16(11)19/h1-6H,(H,17,18). The van der Waals surface area contributed by atoms with Crippen LogP contribution >= 0.6 is 0 Å². The van der Waals surface area contributed by atoms with Gasteiger partial charge in [-0.15, -0.1) is 0 Å². The van der Waals surface area contributed by atoms with Crippen LogP contribution in [0.4, 0.5) is 4.39 Å². The van der Waals surface area contributed by atoms with E-state index in [2.05, 4.69) is 0 Å². The van der Waals surface area contributed by atoms with Gasteiger partial charge in [-0.05, 0) is 24.3 Å². The number of carboxylic acid groups (broad SMARTS) is 1. The van der Waals surface area contributed by atoms with Gasteiger partial charge in [0.2, 0.25) is 5.69 Å². The molecule has 0 aliphatic rings. The molecule has 2 rings (SSSR count). The van der Waals surface area contributed by atoms with Crippen molar-refractivity contribution in [3.05, 3.63) is 58.7 Å². The molecule has 2 aromatic rings.